The molecule has 0 spiro atoms. The van der Waals surface area contributed by atoms with E-state index in [4.69, 9.17) is 23.2 Å². The molecule has 0 aliphatic rings. The normalized spacial score (nSPS) is 11.7. The van der Waals surface area contributed by atoms with E-state index < -0.39 is 32.7 Å². The summed E-state index contributed by atoms with van der Waals surface area (Å²) >= 11 is 12.6. The maximum Gasteiger partial charge on any atom is 0.263 e. The molecule has 2 aromatic heterocycles. The molecule has 0 saturated carbocycles. The fraction of sp³-hybridized carbons (Fsp3) is 0.0909. The Hall–Kier alpha value is -2.52. The van der Waals surface area contributed by atoms with Gasteiger partial charge in [-0.05, 0) is 59.5 Å². The number of aromatic nitrogens is 1. The third kappa shape index (κ3) is 4.63. The van der Waals surface area contributed by atoms with E-state index >= 15 is 0 Å². The van der Waals surface area contributed by atoms with Crippen LogP contribution in [0.3, 0.4) is 0 Å². The van der Waals surface area contributed by atoms with Gasteiger partial charge in [0.15, 0.2) is 15.6 Å². The summed E-state index contributed by atoms with van der Waals surface area (Å²) < 4.78 is 41.0. The summed E-state index contributed by atoms with van der Waals surface area (Å²) in [6, 6.07) is 13.2. The highest BCUT2D eigenvalue weighted by Gasteiger charge is 2.22. The van der Waals surface area contributed by atoms with Gasteiger partial charge in [0.25, 0.3) is 5.56 Å². The number of ketones is 1. The van der Waals surface area contributed by atoms with Gasteiger partial charge in [-0.15, -0.1) is 11.3 Å². The minimum atomic E-state index is -3.81. The minimum absolute atomic E-state index is 0.00865. The second kappa shape index (κ2) is 8.78. The average Bonchev–Trinajstić information content (AvgIpc) is 3.16. The van der Waals surface area contributed by atoms with Crippen LogP contribution in [-0.4, -0.2) is 24.5 Å². The van der Waals surface area contributed by atoms with Crippen molar-refractivity contribution >= 4 is 60.9 Å². The van der Waals surface area contributed by atoms with Crippen molar-refractivity contribution in [1.82, 2.24) is 4.57 Å². The molecule has 0 unspecified atom stereocenters. The SMILES string of the molecule is O=C(Cc1ccc(-n2ccc3cc(Cl)ccc3c2=O)c(F)c1)CS(=O)(=O)c1ccc(Cl)s1. The molecule has 0 radical (unpaired) electrons. The van der Waals surface area contributed by atoms with Crippen molar-refractivity contribution in [3.8, 4) is 5.69 Å². The summed E-state index contributed by atoms with van der Waals surface area (Å²) in [5, 5.41) is 1.50. The van der Waals surface area contributed by atoms with Gasteiger partial charge in [-0.1, -0.05) is 29.3 Å². The van der Waals surface area contributed by atoms with Crippen LogP contribution in [0.5, 0.6) is 0 Å². The molecule has 2 aromatic carbocycles. The Morgan fingerprint density at radius 3 is 2.50 bits per heavy atom. The number of fused-ring (bicyclic) bond motifs is 1. The molecular weight excluding hydrogens is 496 g/mol. The monoisotopic (exact) mass is 509 g/mol. The van der Waals surface area contributed by atoms with Crippen molar-refractivity contribution < 1.29 is 17.6 Å². The largest absolute Gasteiger partial charge is 0.298 e. The van der Waals surface area contributed by atoms with Crippen LogP contribution in [0.1, 0.15) is 5.56 Å². The van der Waals surface area contributed by atoms with E-state index in [9.17, 15) is 22.4 Å². The van der Waals surface area contributed by atoms with E-state index in [1.165, 1.54) is 35.0 Å². The smallest absolute Gasteiger partial charge is 0.263 e. The number of rotatable bonds is 6. The lowest BCUT2D eigenvalue weighted by atomic mass is 10.1. The molecule has 4 rings (SSSR count). The Kier molecular flexibility index (Phi) is 6.22. The van der Waals surface area contributed by atoms with E-state index in [-0.39, 0.29) is 16.3 Å². The van der Waals surface area contributed by atoms with Gasteiger partial charge in [0.1, 0.15) is 15.8 Å². The van der Waals surface area contributed by atoms with Crippen molar-refractivity contribution in [1.29, 1.82) is 0 Å². The molecule has 0 aliphatic carbocycles. The number of pyridine rings is 1. The second-order valence-electron chi connectivity index (χ2n) is 7.04. The summed E-state index contributed by atoms with van der Waals surface area (Å²) in [6.45, 7) is 0. The van der Waals surface area contributed by atoms with E-state index in [1.54, 1.807) is 24.3 Å². The highest BCUT2D eigenvalue weighted by Crippen LogP contribution is 2.26. The van der Waals surface area contributed by atoms with Gasteiger partial charge in [0.2, 0.25) is 0 Å². The van der Waals surface area contributed by atoms with Gasteiger partial charge in [-0.2, -0.15) is 0 Å². The molecule has 2 heterocycles. The highest BCUT2D eigenvalue weighted by molar-refractivity contribution is 7.94. The molecule has 0 bridgehead atoms. The van der Waals surface area contributed by atoms with Crippen LogP contribution in [0.15, 0.2) is 69.8 Å². The zero-order valence-corrected chi connectivity index (χ0v) is 19.4. The number of halogens is 3. The first-order valence-electron chi connectivity index (χ1n) is 9.23. The molecule has 5 nitrogen and oxygen atoms in total. The standard InChI is InChI=1S/C22H14Cl2FNO4S2/c23-15-2-3-17-14(11-15)7-8-26(22(17)28)19-4-1-13(10-18(19)25)9-16(27)12-32(29,30)21-6-5-20(24)31-21/h1-8,10-11H,9,12H2. The number of carbonyl (C=O) groups is 1. The van der Waals surface area contributed by atoms with Gasteiger partial charge < -0.3 is 0 Å². The molecule has 0 amide bonds. The predicted molar refractivity (Wildman–Crippen MR) is 125 cm³/mol. The lowest BCUT2D eigenvalue weighted by molar-refractivity contribution is -0.116. The molecule has 0 N–H and O–H groups in total. The van der Waals surface area contributed by atoms with Crippen LogP contribution in [0.4, 0.5) is 4.39 Å². The fourth-order valence-corrected chi connectivity index (χ4v) is 6.28. The van der Waals surface area contributed by atoms with Crippen LogP contribution in [-0.2, 0) is 21.1 Å². The minimum Gasteiger partial charge on any atom is -0.298 e. The topological polar surface area (TPSA) is 73.2 Å². The highest BCUT2D eigenvalue weighted by atomic mass is 35.5. The van der Waals surface area contributed by atoms with Crippen molar-refractivity contribution in [2.45, 2.75) is 10.6 Å². The maximum absolute atomic E-state index is 14.8. The van der Waals surface area contributed by atoms with Crippen molar-refractivity contribution in [2.24, 2.45) is 0 Å². The van der Waals surface area contributed by atoms with E-state index in [0.717, 1.165) is 17.4 Å². The summed E-state index contributed by atoms with van der Waals surface area (Å²) in [4.78, 5) is 25.1. The summed E-state index contributed by atoms with van der Waals surface area (Å²) in [5.74, 6) is -2.00. The fourth-order valence-electron chi connectivity index (χ4n) is 3.29. The van der Waals surface area contributed by atoms with Gasteiger partial charge in [-0.25, -0.2) is 12.8 Å². The van der Waals surface area contributed by atoms with Crippen LogP contribution in [0, 0.1) is 5.82 Å². The number of nitrogens with zero attached hydrogens (tertiary/aromatic N) is 1. The first-order valence-corrected chi connectivity index (χ1v) is 12.5. The first-order chi connectivity index (χ1) is 15.1. The van der Waals surface area contributed by atoms with Crippen LogP contribution in [0.25, 0.3) is 16.5 Å². The molecule has 32 heavy (non-hydrogen) atoms. The van der Waals surface area contributed by atoms with Gasteiger partial charge in [0, 0.05) is 23.0 Å². The number of hydrogen-bond acceptors (Lipinski definition) is 5. The number of Topliss-reactive ketones (excluding diaryl/α,β-unsaturated/α-hetero) is 1. The first kappa shape index (κ1) is 22.7. The van der Waals surface area contributed by atoms with Crippen molar-refractivity contribution in [3.63, 3.8) is 0 Å². The van der Waals surface area contributed by atoms with Gasteiger partial charge in [0.05, 0.1) is 10.0 Å². The Bertz CT molecular complexity index is 1530. The number of carbonyl (C=O) groups excluding carboxylic acids is 1. The van der Waals surface area contributed by atoms with Gasteiger partial charge in [-0.3, -0.25) is 14.2 Å². The zero-order valence-electron chi connectivity index (χ0n) is 16.2. The van der Waals surface area contributed by atoms with Crippen LogP contribution in [0.2, 0.25) is 9.36 Å². The molecule has 0 fully saturated rings. The quantitative estimate of drug-likeness (QED) is 0.363. The van der Waals surface area contributed by atoms with Crippen molar-refractivity contribution in [2.75, 3.05) is 5.75 Å². The summed E-state index contributed by atoms with van der Waals surface area (Å²) in [7, 11) is -3.81. The molecule has 0 saturated heterocycles. The number of sulfone groups is 1. The number of hydrogen-bond donors (Lipinski definition) is 0. The van der Waals surface area contributed by atoms with E-state index in [1.807, 2.05) is 0 Å². The van der Waals surface area contributed by atoms with E-state index in [2.05, 4.69) is 0 Å². The molecular formula is C22H14Cl2FNO4S2. The summed E-state index contributed by atoms with van der Waals surface area (Å²) in [6.07, 6.45) is 1.18. The average molecular weight is 510 g/mol. The Labute approximate surface area is 196 Å². The number of benzene rings is 2. The molecule has 10 heteroatoms. The molecule has 164 valence electrons. The summed E-state index contributed by atoms with van der Waals surface area (Å²) in [5.41, 5.74) is -0.0947. The molecule has 0 atom stereocenters. The van der Waals surface area contributed by atoms with Crippen LogP contribution >= 0.6 is 34.5 Å². The van der Waals surface area contributed by atoms with Crippen molar-refractivity contribution in [3.05, 3.63) is 91.9 Å². The Balaban J connectivity index is 1.57. The molecule has 0 aliphatic heterocycles. The predicted octanol–water partition coefficient (Wildman–Crippen LogP) is 5.08. The number of thiophene rings is 1. The third-order valence-electron chi connectivity index (χ3n) is 4.74. The zero-order chi connectivity index (χ0) is 23.0. The van der Waals surface area contributed by atoms with Crippen LogP contribution < -0.4 is 5.56 Å². The molecule has 4 aromatic rings. The Morgan fingerprint density at radius 2 is 1.81 bits per heavy atom. The Morgan fingerprint density at radius 1 is 1.03 bits per heavy atom. The lowest BCUT2D eigenvalue weighted by Crippen LogP contribution is -2.19. The second-order valence-corrected chi connectivity index (χ2v) is 11.4. The van der Waals surface area contributed by atoms with Gasteiger partial charge >= 0.3 is 0 Å². The maximum atomic E-state index is 14.8. The third-order valence-corrected chi connectivity index (χ3v) is 8.47. The van der Waals surface area contributed by atoms with E-state index in [0.29, 0.717) is 25.7 Å². The lowest BCUT2D eigenvalue weighted by Gasteiger charge is -2.10.